The fraction of sp³-hybridized carbons (Fsp3) is 0.409. The van der Waals surface area contributed by atoms with Crippen molar-refractivity contribution < 1.29 is 9.21 Å². The SMILES string of the molecule is CC1CC1c1ccc(/C=C/C(=O)N2CCC(c3ccccc3)CC2)o1. The van der Waals surface area contributed by atoms with Crippen molar-refractivity contribution in [1.29, 1.82) is 0 Å². The van der Waals surface area contributed by atoms with Crippen molar-refractivity contribution >= 4 is 12.0 Å². The van der Waals surface area contributed by atoms with Gasteiger partial charge in [0.15, 0.2) is 0 Å². The third kappa shape index (κ3) is 3.71. The summed E-state index contributed by atoms with van der Waals surface area (Å²) in [7, 11) is 0. The highest BCUT2D eigenvalue weighted by Gasteiger charge is 2.36. The van der Waals surface area contributed by atoms with E-state index >= 15 is 0 Å². The second-order valence-electron chi connectivity index (χ2n) is 7.40. The Bertz CT molecular complexity index is 753. The van der Waals surface area contributed by atoms with E-state index in [1.807, 2.05) is 23.1 Å². The molecule has 25 heavy (non-hydrogen) atoms. The Hall–Kier alpha value is -2.29. The number of carbonyl (C=O) groups excluding carboxylic acids is 1. The van der Waals surface area contributed by atoms with E-state index in [1.165, 1.54) is 12.0 Å². The molecule has 1 saturated heterocycles. The Balaban J connectivity index is 1.31. The summed E-state index contributed by atoms with van der Waals surface area (Å²) < 4.78 is 5.83. The van der Waals surface area contributed by atoms with Crippen LogP contribution in [-0.2, 0) is 4.79 Å². The van der Waals surface area contributed by atoms with Crippen LogP contribution in [0.3, 0.4) is 0 Å². The maximum Gasteiger partial charge on any atom is 0.246 e. The fourth-order valence-corrected chi connectivity index (χ4v) is 3.79. The average molecular weight is 335 g/mol. The minimum absolute atomic E-state index is 0.0873. The van der Waals surface area contributed by atoms with Crippen molar-refractivity contribution in [3.63, 3.8) is 0 Å². The van der Waals surface area contributed by atoms with E-state index < -0.39 is 0 Å². The smallest absolute Gasteiger partial charge is 0.246 e. The first-order valence-electron chi connectivity index (χ1n) is 9.32. The van der Waals surface area contributed by atoms with Gasteiger partial charge in [0.1, 0.15) is 11.5 Å². The van der Waals surface area contributed by atoms with Crippen molar-refractivity contribution in [2.75, 3.05) is 13.1 Å². The standard InChI is InChI=1S/C22H25NO2/c1-16-15-20(16)21-9-7-19(25-21)8-10-22(24)23-13-11-18(12-14-23)17-5-3-2-4-6-17/h2-10,16,18,20H,11-15H2,1H3/b10-8+. The van der Waals surface area contributed by atoms with Crippen LogP contribution in [0.5, 0.6) is 0 Å². The summed E-state index contributed by atoms with van der Waals surface area (Å²) in [4.78, 5) is 14.4. The number of hydrogen-bond donors (Lipinski definition) is 0. The van der Waals surface area contributed by atoms with E-state index in [-0.39, 0.29) is 5.91 Å². The van der Waals surface area contributed by atoms with Gasteiger partial charge >= 0.3 is 0 Å². The van der Waals surface area contributed by atoms with Gasteiger partial charge in [-0.15, -0.1) is 0 Å². The van der Waals surface area contributed by atoms with Crippen LogP contribution in [0.25, 0.3) is 6.08 Å². The summed E-state index contributed by atoms with van der Waals surface area (Å²) in [5.41, 5.74) is 1.39. The summed E-state index contributed by atoms with van der Waals surface area (Å²) >= 11 is 0. The number of amides is 1. The second kappa shape index (κ2) is 6.91. The Morgan fingerprint density at radius 3 is 2.52 bits per heavy atom. The van der Waals surface area contributed by atoms with Gasteiger partial charge in [0.2, 0.25) is 5.91 Å². The van der Waals surface area contributed by atoms with Crippen molar-refractivity contribution in [3.05, 3.63) is 65.6 Å². The molecular weight excluding hydrogens is 310 g/mol. The van der Waals surface area contributed by atoms with E-state index in [4.69, 9.17) is 4.42 Å². The van der Waals surface area contributed by atoms with Crippen LogP contribution in [0, 0.1) is 5.92 Å². The second-order valence-corrected chi connectivity index (χ2v) is 7.40. The maximum absolute atomic E-state index is 12.4. The molecule has 0 spiro atoms. The van der Waals surface area contributed by atoms with Crippen LogP contribution in [0.15, 0.2) is 53.0 Å². The minimum atomic E-state index is 0.0873. The molecule has 1 aliphatic carbocycles. The summed E-state index contributed by atoms with van der Waals surface area (Å²) in [6, 6.07) is 14.6. The summed E-state index contributed by atoms with van der Waals surface area (Å²) in [6.07, 6.45) is 6.75. The normalized spacial score (nSPS) is 24.0. The van der Waals surface area contributed by atoms with E-state index in [0.29, 0.717) is 11.8 Å². The molecule has 1 aromatic heterocycles. The van der Waals surface area contributed by atoms with E-state index in [2.05, 4.69) is 37.3 Å². The van der Waals surface area contributed by atoms with Crippen LogP contribution in [0.1, 0.15) is 55.1 Å². The summed E-state index contributed by atoms with van der Waals surface area (Å²) in [6.45, 7) is 3.89. The monoisotopic (exact) mass is 335 g/mol. The van der Waals surface area contributed by atoms with Gasteiger partial charge in [0.05, 0.1) is 0 Å². The lowest BCUT2D eigenvalue weighted by molar-refractivity contribution is -0.126. The molecule has 1 amide bonds. The zero-order chi connectivity index (χ0) is 17.2. The number of hydrogen-bond acceptors (Lipinski definition) is 2. The molecule has 1 aliphatic heterocycles. The molecule has 0 radical (unpaired) electrons. The molecule has 0 bridgehead atoms. The van der Waals surface area contributed by atoms with E-state index in [9.17, 15) is 4.79 Å². The predicted molar refractivity (Wildman–Crippen MR) is 99.3 cm³/mol. The molecule has 1 aromatic carbocycles. The first-order chi connectivity index (χ1) is 12.2. The highest BCUT2D eigenvalue weighted by molar-refractivity contribution is 5.91. The molecule has 2 fully saturated rings. The number of nitrogens with zero attached hydrogens (tertiary/aromatic N) is 1. The number of piperidine rings is 1. The third-order valence-corrected chi connectivity index (χ3v) is 5.59. The molecule has 4 rings (SSSR count). The molecular formula is C22H25NO2. The molecule has 3 heteroatoms. The van der Waals surface area contributed by atoms with Crippen molar-refractivity contribution in [3.8, 4) is 0 Å². The fourth-order valence-electron chi connectivity index (χ4n) is 3.79. The number of benzene rings is 1. The summed E-state index contributed by atoms with van der Waals surface area (Å²) in [5.74, 6) is 3.81. The maximum atomic E-state index is 12.4. The molecule has 2 atom stereocenters. The van der Waals surface area contributed by atoms with Gasteiger partial charge in [-0.05, 0) is 54.9 Å². The lowest BCUT2D eigenvalue weighted by Gasteiger charge is -2.31. The lowest BCUT2D eigenvalue weighted by Crippen LogP contribution is -2.36. The van der Waals surface area contributed by atoms with Gasteiger partial charge in [-0.3, -0.25) is 4.79 Å². The van der Waals surface area contributed by atoms with Gasteiger partial charge in [-0.2, -0.15) is 0 Å². The van der Waals surface area contributed by atoms with Gasteiger partial charge in [-0.25, -0.2) is 0 Å². The molecule has 2 unspecified atom stereocenters. The predicted octanol–water partition coefficient (Wildman–Crippen LogP) is 4.82. The number of carbonyl (C=O) groups is 1. The summed E-state index contributed by atoms with van der Waals surface area (Å²) in [5, 5.41) is 0. The number of furan rings is 1. The first kappa shape index (κ1) is 16.2. The van der Waals surface area contributed by atoms with Gasteiger partial charge in [0.25, 0.3) is 0 Å². The first-order valence-corrected chi connectivity index (χ1v) is 9.32. The number of likely N-dealkylation sites (tertiary alicyclic amines) is 1. The minimum Gasteiger partial charge on any atom is -0.461 e. The third-order valence-electron chi connectivity index (χ3n) is 5.59. The number of rotatable bonds is 4. The highest BCUT2D eigenvalue weighted by Crippen LogP contribution is 2.47. The molecule has 3 nitrogen and oxygen atoms in total. The topological polar surface area (TPSA) is 33.5 Å². The molecule has 1 saturated carbocycles. The average Bonchev–Trinajstić information content (AvgIpc) is 3.20. The van der Waals surface area contributed by atoms with Gasteiger partial charge in [0, 0.05) is 25.1 Å². The molecule has 0 N–H and O–H groups in total. The van der Waals surface area contributed by atoms with Crippen molar-refractivity contribution in [1.82, 2.24) is 4.90 Å². The Labute approximate surface area is 149 Å². The molecule has 130 valence electrons. The van der Waals surface area contributed by atoms with Crippen molar-refractivity contribution in [2.45, 2.75) is 38.0 Å². The van der Waals surface area contributed by atoms with Crippen LogP contribution >= 0.6 is 0 Å². The Kier molecular flexibility index (Phi) is 4.48. The largest absolute Gasteiger partial charge is 0.461 e. The van der Waals surface area contributed by atoms with Gasteiger partial charge < -0.3 is 9.32 Å². The van der Waals surface area contributed by atoms with Crippen LogP contribution < -0.4 is 0 Å². The zero-order valence-electron chi connectivity index (χ0n) is 14.7. The Morgan fingerprint density at radius 1 is 1.12 bits per heavy atom. The van der Waals surface area contributed by atoms with Gasteiger partial charge in [-0.1, -0.05) is 37.3 Å². The lowest BCUT2D eigenvalue weighted by atomic mass is 9.89. The Morgan fingerprint density at radius 2 is 1.84 bits per heavy atom. The van der Waals surface area contributed by atoms with Crippen LogP contribution in [-0.4, -0.2) is 23.9 Å². The molecule has 2 aromatic rings. The van der Waals surface area contributed by atoms with E-state index in [1.54, 1.807) is 6.08 Å². The van der Waals surface area contributed by atoms with E-state index in [0.717, 1.165) is 43.4 Å². The van der Waals surface area contributed by atoms with Crippen molar-refractivity contribution in [2.24, 2.45) is 5.92 Å². The zero-order valence-corrected chi connectivity index (χ0v) is 14.7. The molecule has 2 heterocycles. The van der Waals surface area contributed by atoms with Crippen LogP contribution in [0.2, 0.25) is 0 Å². The molecule has 2 aliphatic rings. The van der Waals surface area contributed by atoms with Crippen LogP contribution in [0.4, 0.5) is 0 Å². The quantitative estimate of drug-likeness (QED) is 0.750. The highest BCUT2D eigenvalue weighted by atomic mass is 16.3.